The Bertz CT molecular complexity index is 940. The number of unbranched alkanes of at least 4 members (excludes halogenated alkanes) is 1. The number of hydrogen-bond acceptors (Lipinski definition) is 2. The smallest absolute Gasteiger partial charge is 0.248 e. The summed E-state index contributed by atoms with van der Waals surface area (Å²) in [4.78, 5) is 12.3. The van der Waals surface area contributed by atoms with Crippen LogP contribution in [0.4, 0.5) is 5.69 Å². The first-order chi connectivity index (χ1) is 15.7. The summed E-state index contributed by atoms with van der Waals surface area (Å²) in [6, 6.07) is 7.49. The molecule has 0 atom stereocenters. The van der Waals surface area contributed by atoms with Gasteiger partial charge in [-0.25, -0.2) is 0 Å². The molecule has 2 rings (SSSR count). The van der Waals surface area contributed by atoms with Crippen molar-refractivity contribution in [3.05, 3.63) is 83.0 Å². The van der Waals surface area contributed by atoms with Crippen LogP contribution < -0.4 is 10.1 Å². The molecule has 0 bridgehead atoms. The molecule has 0 aliphatic heterocycles. The zero-order valence-electron chi connectivity index (χ0n) is 21.3. The standard InChI is InChI=1S/C30H41NO2/c1-7-8-21-33-27-17-15-26(16-18-27)31-29(32)22-24(3)12-9-11-23(2)14-19-28-25(4)13-10-20-30(28,5)6/h9,11-12,14-19,22H,7-8,10,13,20-21H2,1-6H3,(H,31,32)/b12-9+,19-14+,23-11+,24-22+. The van der Waals surface area contributed by atoms with Gasteiger partial charge in [0.1, 0.15) is 5.75 Å². The number of amides is 1. The van der Waals surface area contributed by atoms with Gasteiger partial charge in [-0.1, -0.05) is 68.7 Å². The summed E-state index contributed by atoms with van der Waals surface area (Å²) in [7, 11) is 0. The normalized spacial score (nSPS) is 17.2. The number of ether oxygens (including phenoxy) is 1. The van der Waals surface area contributed by atoms with E-state index in [1.54, 1.807) is 6.08 Å². The van der Waals surface area contributed by atoms with Gasteiger partial charge in [-0.05, 0) is 87.3 Å². The average molecular weight is 448 g/mol. The number of anilines is 1. The highest BCUT2D eigenvalue weighted by Gasteiger charge is 2.26. The highest BCUT2D eigenvalue weighted by molar-refractivity contribution is 6.00. The van der Waals surface area contributed by atoms with Crippen LogP contribution in [0.25, 0.3) is 0 Å². The Morgan fingerprint density at radius 3 is 2.52 bits per heavy atom. The molecule has 0 radical (unpaired) electrons. The van der Waals surface area contributed by atoms with Crippen molar-refractivity contribution < 1.29 is 9.53 Å². The number of hydrogen-bond donors (Lipinski definition) is 1. The lowest BCUT2D eigenvalue weighted by Gasteiger charge is -2.32. The van der Waals surface area contributed by atoms with Crippen molar-refractivity contribution >= 4 is 11.6 Å². The number of carbonyl (C=O) groups excluding carboxylic acids is 1. The van der Waals surface area contributed by atoms with Crippen LogP contribution in [0.5, 0.6) is 5.75 Å². The van der Waals surface area contributed by atoms with Crippen molar-refractivity contribution in [2.24, 2.45) is 5.41 Å². The molecular weight excluding hydrogens is 406 g/mol. The van der Waals surface area contributed by atoms with E-state index < -0.39 is 0 Å². The van der Waals surface area contributed by atoms with Crippen molar-refractivity contribution in [3.63, 3.8) is 0 Å². The molecule has 0 saturated carbocycles. The highest BCUT2D eigenvalue weighted by Crippen LogP contribution is 2.40. The maximum absolute atomic E-state index is 12.3. The molecule has 3 heteroatoms. The number of carbonyl (C=O) groups is 1. The Labute approximate surface area is 201 Å². The van der Waals surface area contributed by atoms with Crippen molar-refractivity contribution in [2.45, 2.75) is 73.6 Å². The Kier molecular flexibility index (Phi) is 10.4. The molecule has 1 aromatic carbocycles. The predicted molar refractivity (Wildman–Crippen MR) is 142 cm³/mol. The zero-order valence-corrected chi connectivity index (χ0v) is 21.3. The minimum absolute atomic E-state index is 0.139. The van der Waals surface area contributed by atoms with Gasteiger partial charge in [-0.2, -0.15) is 0 Å². The summed E-state index contributed by atoms with van der Waals surface area (Å²) in [5.74, 6) is 0.685. The van der Waals surface area contributed by atoms with Gasteiger partial charge < -0.3 is 10.1 Å². The second-order valence-corrected chi connectivity index (χ2v) is 9.64. The first-order valence-corrected chi connectivity index (χ1v) is 12.2. The third-order valence-corrected chi connectivity index (χ3v) is 6.02. The molecule has 33 heavy (non-hydrogen) atoms. The fraction of sp³-hybridized carbons (Fsp3) is 0.433. The van der Waals surface area contributed by atoms with Crippen LogP contribution in [0, 0.1) is 5.41 Å². The predicted octanol–water partition coefficient (Wildman–Crippen LogP) is 8.34. The van der Waals surface area contributed by atoms with Crippen LogP contribution in [-0.2, 0) is 4.79 Å². The maximum Gasteiger partial charge on any atom is 0.248 e. The van der Waals surface area contributed by atoms with Crippen molar-refractivity contribution in [1.82, 2.24) is 0 Å². The van der Waals surface area contributed by atoms with Gasteiger partial charge in [0.2, 0.25) is 5.91 Å². The SMILES string of the molecule is CCCCOc1ccc(NC(=O)/C=C(C)/C=C/C=C(C)/C=C/C2=C(C)CCCC2(C)C)cc1. The van der Waals surface area contributed by atoms with E-state index in [2.05, 4.69) is 58.2 Å². The lowest BCUT2D eigenvalue weighted by Crippen LogP contribution is -2.19. The molecule has 178 valence electrons. The summed E-state index contributed by atoms with van der Waals surface area (Å²) >= 11 is 0. The molecule has 3 nitrogen and oxygen atoms in total. The van der Waals surface area contributed by atoms with Crippen molar-refractivity contribution in [1.29, 1.82) is 0 Å². The van der Waals surface area contributed by atoms with Gasteiger partial charge in [-0.3, -0.25) is 4.79 Å². The molecule has 1 amide bonds. The monoisotopic (exact) mass is 447 g/mol. The van der Waals surface area contributed by atoms with Crippen LogP contribution in [0.3, 0.4) is 0 Å². The minimum atomic E-state index is -0.139. The maximum atomic E-state index is 12.3. The van der Waals surface area contributed by atoms with Crippen LogP contribution >= 0.6 is 0 Å². The van der Waals surface area contributed by atoms with Crippen LogP contribution in [-0.4, -0.2) is 12.5 Å². The van der Waals surface area contributed by atoms with E-state index in [0.717, 1.165) is 36.5 Å². The number of nitrogens with one attached hydrogen (secondary N) is 1. The zero-order chi connectivity index (χ0) is 24.3. The number of rotatable bonds is 10. The largest absolute Gasteiger partial charge is 0.494 e. The van der Waals surface area contributed by atoms with Gasteiger partial charge in [0.15, 0.2) is 0 Å². The van der Waals surface area contributed by atoms with Crippen LogP contribution in [0.2, 0.25) is 0 Å². The first kappa shape index (κ1) is 26.4. The molecule has 1 aromatic rings. The van der Waals surface area contributed by atoms with Crippen LogP contribution in [0.1, 0.15) is 73.6 Å². The third kappa shape index (κ3) is 9.29. The van der Waals surface area contributed by atoms with Gasteiger partial charge in [-0.15, -0.1) is 0 Å². The topological polar surface area (TPSA) is 38.3 Å². The molecule has 1 aliphatic rings. The summed E-state index contributed by atoms with van der Waals surface area (Å²) in [6.45, 7) is 13.8. The molecule has 0 heterocycles. The molecule has 0 spiro atoms. The summed E-state index contributed by atoms with van der Waals surface area (Å²) < 4.78 is 5.65. The minimum Gasteiger partial charge on any atom is -0.494 e. The van der Waals surface area contributed by atoms with E-state index in [-0.39, 0.29) is 11.3 Å². The van der Waals surface area contributed by atoms with Crippen molar-refractivity contribution in [2.75, 3.05) is 11.9 Å². The second-order valence-electron chi connectivity index (χ2n) is 9.64. The van der Waals surface area contributed by atoms with Gasteiger partial charge in [0.05, 0.1) is 6.61 Å². The highest BCUT2D eigenvalue weighted by atomic mass is 16.5. The van der Waals surface area contributed by atoms with E-state index >= 15 is 0 Å². The van der Waals surface area contributed by atoms with Crippen molar-refractivity contribution in [3.8, 4) is 5.75 Å². The number of benzene rings is 1. The van der Waals surface area contributed by atoms with E-state index in [1.807, 2.05) is 43.3 Å². The summed E-state index contributed by atoms with van der Waals surface area (Å²) in [5.41, 5.74) is 6.07. The average Bonchev–Trinajstić information content (AvgIpc) is 2.74. The first-order valence-electron chi connectivity index (χ1n) is 12.2. The van der Waals surface area contributed by atoms with E-state index in [4.69, 9.17) is 4.74 Å². The third-order valence-electron chi connectivity index (χ3n) is 6.02. The quantitative estimate of drug-likeness (QED) is 0.222. The van der Waals surface area contributed by atoms with Crippen LogP contribution in [0.15, 0.2) is 83.0 Å². The molecule has 0 fully saturated rings. The van der Waals surface area contributed by atoms with Gasteiger partial charge >= 0.3 is 0 Å². The Hall–Kier alpha value is -2.81. The molecular formula is C30H41NO2. The Balaban J connectivity index is 1.89. The second kappa shape index (κ2) is 13.0. The summed E-state index contributed by atoms with van der Waals surface area (Å²) in [6.07, 6.45) is 18.0. The van der Waals surface area contributed by atoms with E-state index in [9.17, 15) is 4.79 Å². The number of allylic oxidation sites excluding steroid dienone is 9. The molecule has 0 unspecified atom stereocenters. The lowest BCUT2D eigenvalue weighted by molar-refractivity contribution is -0.111. The summed E-state index contributed by atoms with van der Waals surface area (Å²) in [5, 5.41) is 2.90. The molecule has 0 saturated heterocycles. The van der Waals surface area contributed by atoms with E-state index in [1.165, 1.54) is 36.0 Å². The molecule has 1 N–H and O–H groups in total. The van der Waals surface area contributed by atoms with E-state index in [0.29, 0.717) is 0 Å². The fourth-order valence-electron chi connectivity index (χ4n) is 4.03. The Morgan fingerprint density at radius 2 is 1.85 bits per heavy atom. The van der Waals surface area contributed by atoms with Gasteiger partial charge in [0, 0.05) is 11.8 Å². The molecule has 1 aliphatic carbocycles. The Morgan fingerprint density at radius 1 is 1.12 bits per heavy atom. The fourth-order valence-corrected chi connectivity index (χ4v) is 4.03. The van der Waals surface area contributed by atoms with Gasteiger partial charge in [0.25, 0.3) is 0 Å². The molecule has 0 aromatic heterocycles. The lowest BCUT2D eigenvalue weighted by atomic mass is 9.72.